The van der Waals surface area contributed by atoms with Crippen molar-refractivity contribution in [3.8, 4) is 5.75 Å². The normalized spacial score (nSPS) is 12.1. The number of carbonyl (C=O) groups is 2. The zero-order valence-electron chi connectivity index (χ0n) is 16.8. The fourth-order valence-corrected chi connectivity index (χ4v) is 2.83. The molecule has 0 radical (unpaired) electrons. The lowest BCUT2D eigenvalue weighted by atomic mass is 10.1. The summed E-state index contributed by atoms with van der Waals surface area (Å²) in [4.78, 5) is 23.9. The van der Waals surface area contributed by atoms with Crippen LogP contribution in [0.2, 0.25) is 0 Å². The molecular formula is C22H25F3N2O4. The van der Waals surface area contributed by atoms with Gasteiger partial charge < -0.3 is 20.5 Å². The molecule has 0 heterocycles. The second-order valence-corrected chi connectivity index (χ2v) is 6.89. The van der Waals surface area contributed by atoms with Gasteiger partial charge in [-0.1, -0.05) is 18.2 Å². The van der Waals surface area contributed by atoms with Crippen LogP contribution in [0, 0.1) is 0 Å². The smallest absolute Gasteiger partial charge is 0.406 e. The molecule has 6 nitrogen and oxygen atoms in total. The number of hydrogen-bond acceptors (Lipinski definition) is 4. The average Bonchev–Trinajstić information content (AvgIpc) is 2.74. The van der Waals surface area contributed by atoms with Crippen molar-refractivity contribution in [1.29, 1.82) is 0 Å². The summed E-state index contributed by atoms with van der Waals surface area (Å²) in [6.45, 7) is 0.775. The van der Waals surface area contributed by atoms with Crippen molar-refractivity contribution in [1.82, 2.24) is 10.6 Å². The van der Waals surface area contributed by atoms with Crippen LogP contribution >= 0.6 is 0 Å². The largest absolute Gasteiger partial charge is 0.573 e. The number of hydrogen-bond donors (Lipinski definition) is 3. The van der Waals surface area contributed by atoms with Gasteiger partial charge in [-0.3, -0.25) is 9.59 Å². The first-order valence-electron chi connectivity index (χ1n) is 9.90. The first kappa shape index (κ1) is 24.2. The summed E-state index contributed by atoms with van der Waals surface area (Å²) in [6, 6.07) is 13.5. The van der Waals surface area contributed by atoms with E-state index < -0.39 is 24.1 Å². The Hall–Kier alpha value is -3.07. The first-order chi connectivity index (χ1) is 14.7. The Labute approximate surface area is 178 Å². The van der Waals surface area contributed by atoms with Gasteiger partial charge in [0.1, 0.15) is 5.75 Å². The van der Waals surface area contributed by atoms with E-state index in [1.54, 1.807) is 24.3 Å². The summed E-state index contributed by atoms with van der Waals surface area (Å²) < 4.78 is 40.2. The van der Waals surface area contributed by atoms with Gasteiger partial charge in [0, 0.05) is 24.2 Å². The highest BCUT2D eigenvalue weighted by Gasteiger charge is 2.31. The number of benzene rings is 2. The summed E-state index contributed by atoms with van der Waals surface area (Å²) in [5.74, 6) is -0.973. The molecule has 2 amide bonds. The summed E-state index contributed by atoms with van der Waals surface area (Å²) >= 11 is 0. The van der Waals surface area contributed by atoms with E-state index in [9.17, 15) is 27.9 Å². The molecule has 0 aliphatic carbocycles. The number of aliphatic hydroxyl groups is 1. The van der Waals surface area contributed by atoms with Crippen molar-refractivity contribution < 1.29 is 32.6 Å². The maximum atomic E-state index is 12.1. The lowest BCUT2D eigenvalue weighted by molar-refractivity contribution is -0.274. The highest BCUT2D eigenvalue weighted by molar-refractivity contribution is 5.94. The van der Waals surface area contributed by atoms with Gasteiger partial charge >= 0.3 is 6.36 Å². The predicted octanol–water partition coefficient (Wildman–Crippen LogP) is 3.67. The number of alkyl halides is 3. The number of amides is 2. The molecule has 9 heteroatoms. The van der Waals surface area contributed by atoms with Gasteiger partial charge in [-0.05, 0) is 62.1 Å². The molecule has 31 heavy (non-hydrogen) atoms. The summed E-state index contributed by atoms with van der Waals surface area (Å²) in [6.07, 6.45) is -3.17. The van der Waals surface area contributed by atoms with Crippen LogP contribution < -0.4 is 15.4 Å². The molecule has 168 valence electrons. The van der Waals surface area contributed by atoms with E-state index in [4.69, 9.17) is 0 Å². The molecule has 1 atom stereocenters. The molecule has 2 aromatic rings. The molecule has 3 N–H and O–H groups in total. The highest BCUT2D eigenvalue weighted by atomic mass is 19.4. The number of ether oxygens (including phenoxy) is 1. The van der Waals surface area contributed by atoms with Crippen LogP contribution in [0.3, 0.4) is 0 Å². The van der Waals surface area contributed by atoms with E-state index in [0.717, 1.165) is 12.1 Å². The monoisotopic (exact) mass is 438 g/mol. The van der Waals surface area contributed by atoms with Crippen molar-refractivity contribution in [2.24, 2.45) is 0 Å². The summed E-state index contributed by atoms with van der Waals surface area (Å²) in [5.41, 5.74) is 0.797. The Morgan fingerprint density at radius 3 is 1.81 bits per heavy atom. The number of aliphatic hydroxyl groups excluding tert-OH is 1. The zero-order valence-corrected chi connectivity index (χ0v) is 16.8. The Balaban J connectivity index is 1.57. The van der Waals surface area contributed by atoms with Gasteiger partial charge in [0.05, 0.1) is 6.10 Å². The van der Waals surface area contributed by atoms with E-state index in [1.165, 1.54) is 12.1 Å². The van der Waals surface area contributed by atoms with Crippen molar-refractivity contribution in [2.75, 3.05) is 13.1 Å². The molecule has 0 spiro atoms. The number of rotatable bonds is 11. The molecule has 0 fully saturated rings. The van der Waals surface area contributed by atoms with Crippen LogP contribution in [-0.2, 0) is 0 Å². The van der Waals surface area contributed by atoms with Crippen molar-refractivity contribution in [3.63, 3.8) is 0 Å². The van der Waals surface area contributed by atoms with Crippen LogP contribution in [0.15, 0.2) is 54.6 Å². The molecular weight excluding hydrogens is 413 g/mol. The summed E-state index contributed by atoms with van der Waals surface area (Å²) in [5, 5.41) is 15.5. The van der Waals surface area contributed by atoms with Gasteiger partial charge in [-0.25, -0.2) is 0 Å². The number of nitrogens with one attached hydrogen (secondary N) is 2. The molecule has 1 unspecified atom stereocenters. The van der Waals surface area contributed by atoms with Gasteiger partial charge in [0.2, 0.25) is 0 Å². The summed E-state index contributed by atoms with van der Waals surface area (Å²) in [7, 11) is 0. The fourth-order valence-electron chi connectivity index (χ4n) is 2.83. The lowest BCUT2D eigenvalue weighted by Crippen LogP contribution is -2.26. The SMILES string of the molecule is O=C(NCCCC(O)CCCNC(=O)c1ccc(OC(F)(F)F)cc1)c1ccccc1. The van der Waals surface area contributed by atoms with Crippen molar-refractivity contribution >= 4 is 11.8 Å². The standard InChI is InChI=1S/C22H25F3N2O4/c23-22(24,25)31-19-12-10-17(11-13-19)21(30)27-15-5-9-18(28)8-4-14-26-20(29)16-6-2-1-3-7-16/h1-3,6-7,10-13,18,28H,4-5,8-9,14-15H2,(H,26,29)(H,27,30). The van der Waals surface area contributed by atoms with Crippen LogP contribution in [0.4, 0.5) is 13.2 Å². The third-order valence-electron chi connectivity index (χ3n) is 4.39. The lowest BCUT2D eigenvalue weighted by Gasteiger charge is -2.12. The predicted molar refractivity (Wildman–Crippen MR) is 109 cm³/mol. The maximum absolute atomic E-state index is 12.1. The second kappa shape index (κ2) is 11.9. The van der Waals surface area contributed by atoms with Crippen molar-refractivity contribution in [2.45, 2.75) is 38.1 Å². The third kappa shape index (κ3) is 9.52. The first-order valence-corrected chi connectivity index (χ1v) is 9.90. The van der Waals surface area contributed by atoms with Gasteiger partial charge in [0.25, 0.3) is 11.8 Å². The molecule has 0 bridgehead atoms. The molecule has 0 aliphatic rings. The fraction of sp³-hybridized carbons (Fsp3) is 0.364. The van der Waals surface area contributed by atoms with Gasteiger partial charge in [0.15, 0.2) is 0 Å². The maximum Gasteiger partial charge on any atom is 0.573 e. The Morgan fingerprint density at radius 1 is 0.839 bits per heavy atom. The van der Waals surface area contributed by atoms with E-state index in [1.807, 2.05) is 6.07 Å². The number of carbonyl (C=O) groups excluding carboxylic acids is 2. The zero-order chi connectivity index (χ0) is 22.7. The molecule has 0 aromatic heterocycles. The van der Waals surface area contributed by atoms with E-state index in [0.29, 0.717) is 44.3 Å². The molecule has 0 aliphatic heterocycles. The molecule has 2 rings (SSSR count). The second-order valence-electron chi connectivity index (χ2n) is 6.89. The highest BCUT2D eigenvalue weighted by Crippen LogP contribution is 2.22. The Bertz CT molecular complexity index is 827. The van der Waals surface area contributed by atoms with E-state index >= 15 is 0 Å². The van der Waals surface area contributed by atoms with Crippen LogP contribution in [-0.4, -0.2) is 42.5 Å². The van der Waals surface area contributed by atoms with E-state index in [-0.39, 0.29) is 11.5 Å². The molecule has 0 saturated heterocycles. The Kier molecular flexibility index (Phi) is 9.33. The van der Waals surface area contributed by atoms with Gasteiger partial charge in [-0.15, -0.1) is 13.2 Å². The number of halogens is 3. The topological polar surface area (TPSA) is 87.7 Å². The molecule has 0 saturated carbocycles. The average molecular weight is 438 g/mol. The third-order valence-corrected chi connectivity index (χ3v) is 4.39. The Morgan fingerprint density at radius 2 is 1.32 bits per heavy atom. The van der Waals surface area contributed by atoms with Crippen molar-refractivity contribution in [3.05, 3.63) is 65.7 Å². The van der Waals surface area contributed by atoms with E-state index in [2.05, 4.69) is 15.4 Å². The molecule has 2 aromatic carbocycles. The minimum absolute atomic E-state index is 0.157. The van der Waals surface area contributed by atoms with Crippen LogP contribution in [0.5, 0.6) is 5.75 Å². The van der Waals surface area contributed by atoms with Gasteiger partial charge in [-0.2, -0.15) is 0 Å². The van der Waals surface area contributed by atoms with Crippen LogP contribution in [0.1, 0.15) is 46.4 Å². The van der Waals surface area contributed by atoms with Crippen LogP contribution in [0.25, 0.3) is 0 Å². The minimum atomic E-state index is -4.78. The minimum Gasteiger partial charge on any atom is -0.406 e. The quantitative estimate of drug-likeness (QED) is 0.467.